The summed E-state index contributed by atoms with van der Waals surface area (Å²) in [6.45, 7) is 6.05. The molecule has 3 heteroatoms. The molecule has 0 heterocycles. The van der Waals surface area contributed by atoms with Crippen molar-refractivity contribution >= 4 is 7.37 Å². The van der Waals surface area contributed by atoms with Gasteiger partial charge in [-0.1, -0.05) is 25.8 Å². The molecule has 0 aliphatic heterocycles. The van der Waals surface area contributed by atoms with Crippen LogP contribution in [0.3, 0.4) is 0 Å². The van der Waals surface area contributed by atoms with E-state index in [4.69, 9.17) is 4.52 Å². The molecule has 13 heavy (non-hydrogen) atoms. The van der Waals surface area contributed by atoms with E-state index in [0.717, 1.165) is 12.8 Å². The zero-order chi connectivity index (χ0) is 9.73. The van der Waals surface area contributed by atoms with Crippen LogP contribution >= 0.6 is 7.37 Å². The third kappa shape index (κ3) is 2.69. The summed E-state index contributed by atoms with van der Waals surface area (Å²) in [5, 5.41) is 0. The Balaban J connectivity index is 2.62. The molecule has 1 atom stereocenters. The van der Waals surface area contributed by atoms with Gasteiger partial charge in [0, 0.05) is 5.66 Å². The van der Waals surface area contributed by atoms with E-state index < -0.39 is 7.37 Å². The molecular formula is C10H19O2P. The molecule has 1 aliphatic rings. The monoisotopic (exact) mass is 202 g/mol. The van der Waals surface area contributed by atoms with Crippen molar-refractivity contribution in [2.24, 2.45) is 0 Å². The van der Waals surface area contributed by atoms with Crippen molar-refractivity contribution in [1.29, 1.82) is 0 Å². The maximum Gasteiger partial charge on any atom is 0.227 e. The Morgan fingerprint density at radius 1 is 1.46 bits per heavy atom. The molecule has 0 bridgehead atoms. The Hall–Kier alpha value is -0.0700. The molecule has 1 fully saturated rings. The largest absolute Gasteiger partial charge is 0.326 e. The smallest absolute Gasteiger partial charge is 0.227 e. The Morgan fingerprint density at radius 2 is 2.08 bits per heavy atom. The van der Waals surface area contributed by atoms with Crippen molar-refractivity contribution < 1.29 is 9.09 Å². The van der Waals surface area contributed by atoms with Crippen LogP contribution < -0.4 is 0 Å². The lowest BCUT2D eigenvalue weighted by Gasteiger charge is -2.27. The molecule has 76 valence electrons. The van der Waals surface area contributed by atoms with Crippen molar-refractivity contribution in [3.63, 3.8) is 0 Å². The van der Waals surface area contributed by atoms with E-state index in [2.05, 4.69) is 6.58 Å². The SMILES string of the molecule is C=CP(=O)(OCC)C1CCCCC1. The molecule has 0 amide bonds. The van der Waals surface area contributed by atoms with Crippen LogP contribution in [0, 0.1) is 0 Å². The first-order chi connectivity index (χ1) is 6.23. The fourth-order valence-corrected chi connectivity index (χ4v) is 4.05. The Labute approximate surface area is 80.8 Å². The lowest BCUT2D eigenvalue weighted by Crippen LogP contribution is -2.13. The van der Waals surface area contributed by atoms with Gasteiger partial charge in [-0.25, -0.2) is 0 Å². The van der Waals surface area contributed by atoms with E-state index >= 15 is 0 Å². The van der Waals surface area contributed by atoms with Crippen LogP contribution in [0.25, 0.3) is 0 Å². The summed E-state index contributed by atoms with van der Waals surface area (Å²) < 4.78 is 17.6. The van der Waals surface area contributed by atoms with Gasteiger partial charge in [0.1, 0.15) is 0 Å². The lowest BCUT2D eigenvalue weighted by atomic mass is 10.0. The minimum atomic E-state index is -2.51. The first-order valence-electron chi connectivity index (χ1n) is 5.10. The standard InChI is InChI=1S/C10H19O2P/c1-3-12-13(11,4-2)10-8-6-5-7-9-10/h4,10H,2-3,5-9H2,1H3. The third-order valence-electron chi connectivity index (χ3n) is 2.67. The van der Waals surface area contributed by atoms with E-state index in [1.54, 1.807) is 5.82 Å². The summed E-state index contributed by atoms with van der Waals surface area (Å²) in [7, 11) is -2.51. The van der Waals surface area contributed by atoms with Gasteiger partial charge in [0.25, 0.3) is 0 Å². The van der Waals surface area contributed by atoms with Crippen molar-refractivity contribution in [3.8, 4) is 0 Å². The molecule has 0 aromatic rings. The van der Waals surface area contributed by atoms with Crippen LogP contribution in [0.4, 0.5) is 0 Å². The fourth-order valence-electron chi connectivity index (χ4n) is 1.95. The van der Waals surface area contributed by atoms with Gasteiger partial charge in [0.05, 0.1) is 6.61 Å². The van der Waals surface area contributed by atoms with Crippen LogP contribution in [0.5, 0.6) is 0 Å². The van der Waals surface area contributed by atoms with Gasteiger partial charge in [-0.3, -0.25) is 4.57 Å². The zero-order valence-corrected chi connectivity index (χ0v) is 9.26. The molecule has 0 aromatic heterocycles. The van der Waals surface area contributed by atoms with E-state index in [1.165, 1.54) is 19.3 Å². The van der Waals surface area contributed by atoms with Crippen LogP contribution in [-0.2, 0) is 9.09 Å². The molecule has 1 saturated carbocycles. The van der Waals surface area contributed by atoms with Crippen LogP contribution in [-0.4, -0.2) is 12.3 Å². The van der Waals surface area contributed by atoms with Gasteiger partial charge >= 0.3 is 0 Å². The van der Waals surface area contributed by atoms with E-state index in [1.807, 2.05) is 6.92 Å². The zero-order valence-electron chi connectivity index (χ0n) is 8.37. The Morgan fingerprint density at radius 3 is 2.54 bits per heavy atom. The summed E-state index contributed by atoms with van der Waals surface area (Å²) in [5.41, 5.74) is 0.249. The van der Waals surface area contributed by atoms with Gasteiger partial charge in [-0.15, -0.1) is 0 Å². The second-order valence-electron chi connectivity index (χ2n) is 3.54. The topological polar surface area (TPSA) is 26.3 Å². The Bertz CT molecular complexity index is 207. The highest BCUT2D eigenvalue weighted by atomic mass is 31.2. The summed E-state index contributed by atoms with van der Waals surface area (Å²) in [4.78, 5) is 0. The van der Waals surface area contributed by atoms with Crippen molar-refractivity contribution in [3.05, 3.63) is 12.4 Å². The van der Waals surface area contributed by atoms with E-state index in [0.29, 0.717) is 6.61 Å². The maximum absolute atomic E-state index is 12.2. The molecule has 1 unspecified atom stereocenters. The van der Waals surface area contributed by atoms with Gasteiger partial charge in [0.2, 0.25) is 7.37 Å². The molecule has 0 saturated heterocycles. The number of rotatable bonds is 4. The quantitative estimate of drug-likeness (QED) is 0.648. The summed E-state index contributed by atoms with van der Waals surface area (Å²) in [6, 6.07) is 0. The van der Waals surface area contributed by atoms with Gasteiger partial charge in [-0.2, -0.15) is 0 Å². The number of hydrogen-bond acceptors (Lipinski definition) is 2. The third-order valence-corrected chi connectivity index (χ3v) is 5.37. The minimum Gasteiger partial charge on any atom is -0.326 e. The Kier molecular flexibility index (Phi) is 4.21. The molecule has 1 rings (SSSR count). The summed E-state index contributed by atoms with van der Waals surface area (Å²) >= 11 is 0. The predicted octanol–water partition coefficient (Wildman–Crippen LogP) is 3.78. The van der Waals surface area contributed by atoms with Crippen LogP contribution in [0.1, 0.15) is 39.0 Å². The fraction of sp³-hybridized carbons (Fsp3) is 0.800. The highest BCUT2D eigenvalue weighted by Gasteiger charge is 2.31. The molecule has 0 radical (unpaired) electrons. The lowest BCUT2D eigenvalue weighted by molar-refractivity contribution is 0.322. The second-order valence-corrected chi connectivity index (χ2v) is 6.18. The summed E-state index contributed by atoms with van der Waals surface area (Å²) in [5.74, 6) is 1.55. The highest BCUT2D eigenvalue weighted by Crippen LogP contribution is 2.57. The molecular weight excluding hydrogens is 183 g/mol. The van der Waals surface area contributed by atoms with Crippen molar-refractivity contribution in [2.45, 2.75) is 44.7 Å². The van der Waals surface area contributed by atoms with Crippen molar-refractivity contribution in [1.82, 2.24) is 0 Å². The first-order valence-corrected chi connectivity index (χ1v) is 6.87. The normalized spacial score (nSPS) is 23.8. The first kappa shape index (κ1) is 11.0. The summed E-state index contributed by atoms with van der Waals surface area (Å²) in [6.07, 6.45) is 5.75. The van der Waals surface area contributed by atoms with Gasteiger partial charge < -0.3 is 4.52 Å². The number of hydrogen-bond donors (Lipinski definition) is 0. The molecule has 0 N–H and O–H groups in total. The van der Waals surface area contributed by atoms with Gasteiger partial charge in [-0.05, 0) is 25.6 Å². The average Bonchev–Trinajstić information content (AvgIpc) is 2.19. The molecule has 1 aliphatic carbocycles. The van der Waals surface area contributed by atoms with E-state index in [-0.39, 0.29) is 5.66 Å². The van der Waals surface area contributed by atoms with Crippen LogP contribution in [0.2, 0.25) is 0 Å². The minimum absolute atomic E-state index is 0.249. The second kappa shape index (κ2) is 4.97. The van der Waals surface area contributed by atoms with Crippen LogP contribution in [0.15, 0.2) is 12.4 Å². The maximum atomic E-state index is 12.2. The van der Waals surface area contributed by atoms with E-state index in [9.17, 15) is 4.57 Å². The average molecular weight is 202 g/mol. The molecule has 2 nitrogen and oxygen atoms in total. The predicted molar refractivity (Wildman–Crippen MR) is 56.3 cm³/mol. The van der Waals surface area contributed by atoms with Gasteiger partial charge in [0.15, 0.2) is 0 Å². The molecule has 0 spiro atoms. The highest BCUT2D eigenvalue weighted by molar-refractivity contribution is 7.62. The molecule has 0 aromatic carbocycles. The van der Waals surface area contributed by atoms with Crippen molar-refractivity contribution in [2.75, 3.05) is 6.61 Å².